The van der Waals surface area contributed by atoms with E-state index in [1.54, 1.807) is 0 Å². The summed E-state index contributed by atoms with van der Waals surface area (Å²) >= 11 is 0. The normalized spacial score (nSPS) is 15.8. The molecule has 4 heteroatoms. The Morgan fingerprint density at radius 2 is 1.18 bits per heavy atom. The maximum Gasteiger partial charge on any atom is 0.0934 e. The fourth-order valence-electron chi connectivity index (χ4n) is 4.48. The third kappa shape index (κ3) is 5.48. The molecule has 0 saturated heterocycles. The van der Waals surface area contributed by atoms with E-state index in [4.69, 9.17) is 15.1 Å². The molecular formula is C30H42N4. The van der Waals surface area contributed by atoms with Crippen molar-refractivity contribution >= 4 is 11.4 Å². The molecule has 1 aliphatic carbocycles. The van der Waals surface area contributed by atoms with Gasteiger partial charge in [0.1, 0.15) is 0 Å². The topological polar surface area (TPSA) is 42.5 Å². The van der Waals surface area contributed by atoms with Gasteiger partial charge in [0.05, 0.1) is 28.9 Å². The molecule has 0 atom stereocenters. The van der Waals surface area contributed by atoms with Crippen molar-refractivity contribution in [3.05, 3.63) is 76.4 Å². The van der Waals surface area contributed by atoms with E-state index < -0.39 is 0 Å². The Kier molecular flexibility index (Phi) is 8.12. The number of hydrogen-bond donors (Lipinski definition) is 0. The SMILES string of the molecule is CC(=NC1C(C(C)C)=CC=C1C(C)C)c1cccc(C(C)=Nn2c(C(C)C)ccc2C(C)C)n1. The largest absolute Gasteiger partial charge is 0.276 e. The third-order valence-corrected chi connectivity index (χ3v) is 6.59. The van der Waals surface area contributed by atoms with Crippen molar-refractivity contribution in [2.45, 2.75) is 87.1 Å². The Balaban J connectivity index is 1.97. The summed E-state index contributed by atoms with van der Waals surface area (Å²) < 4.78 is 2.11. The summed E-state index contributed by atoms with van der Waals surface area (Å²) in [6.07, 6.45) is 4.52. The first-order chi connectivity index (χ1) is 16.0. The average Bonchev–Trinajstić information content (AvgIpc) is 3.38. The molecule has 0 aromatic carbocycles. The highest BCUT2D eigenvalue weighted by Gasteiger charge is 2.26. The second kappa shape index (κ2) is 10.7. The molecule has 0 unspecified atom stereocenters. The van der Waals surface area contributed by atoms with E-state index in [-0.39, 0.29) is 6.04 Å². The number of hydrogen-bond acceptors (Lipinski definition) is 3. The first-order valence-electron chi connectivity index (χ1n) is 12.7. The summed E-state index contributed by atoms with van der Waals surface area (Å²) in [5, 5.41) is 5.02. The van der Waals surface area contributed by atoms with Gasteiger partial charge in [0.2, 0.25) is 0 Å². The number of pyridine rings is 1. The molecule has 0 N–H and O–H groups in total. The van der Waals surface area contributed by atoms with Gasteiger partial charge in [-0.05, 0) is 72.9 Å². The highest BCUT2D eigenvalue weighted by molar-refractivity contribution is 6.01. The molecule has 0 radical (unpaired) electrons. The van der Waals surface area contributed by atoms with E-state index in [0.717, 1.165) is 22.8 Å². The van der Waals surface area contributed by atoms with Gasteiger partial charge in [0, 0.05) is 11.4 Å². The maximum atomic E-state index is 5.17. The molecule has 0 amide bonds. The van der Waals surface area contributed by atoms with E-state index in [1.165, 1.54) is 22.5 Å². The van der Waals surface area contributed by atoms with Crippen molar-refractivity contribution in [1.29, 1.82) is 0 Å². The number of nitrogens with zero attached hydrogens (tertiary/aromatic N) is 4. The fraction of sp³-hybridized carbons (Fsp3) is 0.500. The lowest BCUT2D eigenvalue weighted by Crippen LogP contribution is -2.18. The van der Waals surface area contributed by atoms with Crippen molar-refractivity contribution in [2.75, 3.05) is 0 Å². The van der Waals surface area contributed by atoms with Crippen molar-refractivity contribution in [3.8, 4) is 0 Å². The Morgan fingerprint density at radius 1 is 0.706 bits per heavy atom. The minimum Gasteiger partial charge on any atom is -0.276 e. The van der Waals surface area contributed by atoms with Crippen molar-refractivity contribution in [2.24, 2.45) is 21.9 Å². The predicted molar refractivity (Wildman–Crippen MR) is 146 cm³/mol. The molecule has 0 spiro atoms. The van der Waals surface area contributed by atoms with Gasteiger partial charge in [-0.15, -0.1) is 0 Å². The molecule has 2 heterocycles. The van der Waals surface area contributed by atoms with Crippen LogP contribution in [0.15, 0.2) is 63.7 Å². The highest BCUT2D eigenvalue weighted by Crippen LogP contribution is 2.33. The maximum absolute atomic E-state index is 5.17. The number of rotatable bonds is 8. The summed E-state index contributed by atoms with van der Waals surface area (Å²) in [6.45, 7) is 22.0. The van der Waals surface area contributed by atoms with Gasteiger partial charge in [0.15, 0.2) is 0 Å². The molecule has 0 saturated carbocycles. The lowest BCUT2D eigenvalue weighted by atomic mass is 9.90. The summed E-state index contributed by atoms with van der Waals surface area (Å²) in [5.41, 5.74) is 8.87. The predicted octanol–water partition coefficient (Wildman–Crippen LogP) is 7.76. The molecule has 0 bridgehead atoms. The van der Waals surface area contributed by atoms with Crippen LogP contribution in [0.4, 0.5) is 0 Å². The van der Waals surface area contributed by atoms with E-state index in [1.807, 2.05) is 13.0 Å². The number of aromatic nitrogens is 2. The quantitative estimate of drug-likeness (QED) is 0.373. The summed E-state index contributed by atoms with van der Waals surface area (Å²) in [6, 6.07) is 10.7. The second-order valence-electron chi connectivity index (χ2n) is 10.7. The van der Waals surface area contributed by atoms with Gasteiger partial charge in [-0.3, -0.25) is 4.99 Å². The van der Waals surface area contributed by atoms with E-state index in [2.05, 4.69) is 103 Å². The van der Waals surface area contributed by atoms with Gasteiger partial charge in [-0.25, -0.2) is 9.66 Å². The van der Waals surface area contributed by atoms with Crippen molar-refractivity contribution in [3.63, 3.8) is 0 Å². The highest BCUT2D eigenvalue weighted by atomic mass is 15.4. The Morgan fingerprint density at radius 3 is 1.62 bits per heavy atom. The van der Waals surface area contributed by atoms with Crippen LogP contribution in [0.3, 0.4) is 0 Å². The van der Waals surface area contributed by atoms with Crippen LogP contribution in [0.5, 0.6) is 0 Å². The Bertz CT molecular complexity index is 1090. The first kappa shape index (κ1) is 25.9. The third-order valence-electron chi connectivity index (χ3n) is 6.59. The monoisotopic (exact) mass is 458 g/mol. The van der Waals surface area contributed by atoms with Crippen LogP contribution in [0.2, 0.25) is 0 Å². The molecule has 4 nitrogen and oxygen atoms in total. The summed E-state index contributed by atoms with van der Waals surface area (Å²) in [5.74, 6) is 1.73. The molecule has 2 aromatic heterocycles. The molecule has 2 aromatic rings. The van der Waals surface area contributed by atoms with Gasteiger partial charge < -0.3 is 0 Å². The lowest BCUT2D eigenvalue weighted by Gasteiger charge is -2.21. The zero-order chi connectivity index (χ0) is 25.2. The standard InChI is InChI=1S/C30H42N4/c1-18(2)24-14-15-25(19(3)4)30(24)31-22(9)26-12-11-13-27(32-26)23(10)33-34-28(20(5)6)16-17-29(34)21(7)8/h11-21,30H,1-10H3. The molecule has 0 aliphatic heterocycles. The molecule has 3 rings (SSSR count). The minimum absolute atomic E-state index is 0.113. The van der Waals surface area contributed by atoms with Crippen molar-refractivity contribution < 1.29 is 0 Å². The van der Waals surface area contributed by atoms with Gasteiger partial charge in [-0.1, -0.05) is 73.6 Å². The Labute approximate surface area is 206 Å². The Hall–Kier alpha value is -2.75. The second-order valence-corrected chi connectivity index (χ2v) is 10.7. The molecule has 0 fully saturated rings. The molecular weight excluding hydrogens is 416 g/mol. The lowest BCUT2D eigenvalue weighted by molar-refractivity contribution is 0.642. The van der Waals surface area contributed by atoms with Crippen LogP contribution in [0.1, 0.15) is 104 Å². The smallest absolute Gasteiger partial charge is 0.0934 e. The molecule has 34 heavy (non-hydrogen) atoms. The van der Waals surface area contributed by atoms with Crippen LogP contribution < -0.4 is 0 Å². The van der Waals surface area contributed by atoms with Crippen LogP contribution >= 0.6 is 0 Å². The average molecular weight is 459 g/mol. The minimum atomic E-state index is 0.113. The van der Waals surface area contributed by atoms with E-state index in [9.17, 15) is 0 Å². The fourth-order valence-corrected chi connectivity index (χ4v) is 4.48. The first-order valence-corrected chi connectivity index (χ1v) is 12.7. The van der Waals surface area contributed by atoms with Crippen LogP contribution in [-0.4, -0.2) is 27.1 Å². The number of allylic oxidation sites excluding steroid dienone is 2. The zero-order valence-corrected chi connectivity index (χ0v) is 22.7. The summed E-state index contributed by atoms with van der Waals surface area (Å²) in [4.78, 5) is 10.1. The van der Waals surface area contributed by atoms with Crippen LogP contribution in [0, 0.1) is 11.8 Å². The van der Waals surface area contributed by atoms with Crippen molar-refractivity contribution in [1.82, 2.24) is 9.66 Å². The van der Waals surface area contributed by atoms with Gasteiger partial charge in [0.25, 0.3) is 0 Å². The molecule has 182 valence electrons. The molecule has 1 aliphatic rings. The van der Waals surface area contributed by atoms with Crippen LogP contribution in [-0.2, 0) is 0 Å². The van der Waals surface area contributed by atoms with E-state index in [0.29, 0.717) is 23.7 Å². The zero-order valence-electron chi connectivity index (χ0n) is 22.7. The van der Waals surface area contributed by atoms with Gasteiger partial charge in [-0.2, -0.15) is 5.10 Å². The van der Waals surface area contributed by atoms with E-state index >= 15 is 0 Å². The summed E-state index contributed by atoms with van der Waals surface area (Å²) in [7, 11) is 0. The number of aliphatic imine (C=N–C) groups is 1. The van der Waals surface area contributed by atoms with Gasteiger partial charge >= 0.3 is 0 Å². The van der Waals surface area contributed by atoms with Crippen LogP contribution in [0.25, 0.3) is 0 Å².